The van der Waals surface area contributed by atoms with E-state index in [1.165, 1.54) is 18.5 Å². The van der Waals surface area contributed by atoms with Gasteiger partial charge >= 0.3 is 24.4 Å². The summed E-state index contributed by atoms with van der Waals surface area (Å²) in [6.45, 7) is 16.4. The number of nitrogens with one attached hydrogen (secondary N) is 2. The Morgan fingerprint density at radius 2 is 1.57 bits per heavy atom. The van der Waals surface area contributed by atoms with Crippen LogP contribution in [0.1, 0.15) is 98.2 Å². The standard InChI is InChI=1S/C43H52F3N7O7/c1-9-51-18-16-27(17-19-51)58-33-15-10-25(21-31(33)43(44,45)46)49-38(54)50-32-14-13-28(29-20-24(2)57-35(29)32)30-22-52(26-11-12-26)36-34(30)37(48-23-47-36)53(39(55)59-41(3,4)5)40(56)60-42(6,7)8/h10,13-15,21-24,26-27H,9,11-12,16-20H2,1-8H3,(H2,49,50,54). The molecule has 0 spiro atoms. The number of carbonyl (C=O) groups excluding carboxylic acids is 3. The summed E-state index contributed by atoms with van der Waals surface area (Å²) in [5.74, 6) is 0.0543. The minimum absolute atomic E-state index is 0.0308. The first-order valence-electron chi connectivity index (χ1n) is 20.3. The molecule has 14 nitrogen and oxygen atoms in total. The molecule has 2 aliphatic heterocycles. The lowest BCUT2D eigenvalue weighted by Gasteiger charge is -2.31. The first-order valence-corrected chi connectivity index (χ1v) is 20.3. The molecule has 17 heteroatoms. The molecule has 1 aliphatic carbocycles. The Morgan fingerprint density at radius 1 is 0.900 bits per heavy atom. The van der Waals surface area contributed by atoms with Crippen molar-refractivity contribution < 1.29 is 46.5 Å². The van der Waals surface area contributed by atoms with Crippen LogP contribution >= 0.6 is 0 Å². The van der Waals surface area contributed by atoms with E-state index in [9.17, 15) is 27.6 Å². The van der Waals surface area contributed by atoms with Gasteiger partial charge in [0.1, 0.15) is 46.9 Å². The lowest BCUT2D eigenvalue weighted by molar-refractivity contribution is -0.139. The van der Waals surface area contributed by atoms with E-state index in [1.54, 1.807) is 53.7 Å². The zero-order valence-corrected chi connectivity index (χ0v) is 35.2. The Balaban J connectivity index is 1.22. The molecule has 60 heavy (non-hydrogen) atoms. The van der Waals surface area contributed by atoms with E-state index in [2.05, 4.69) is 25.5 Å². The van der Waals surface area contributed by atoms with E-state index in [0.717, 1.165) is 49.0 Å². The molecule has 3 aliphatic rings. The summed E-state index contributed by atoms with van der Waals surface area (Å²) < 4.78 is 68.3. The fraction of sp³-hybridized carbons (Fsp3) is 0.512. The smallest absolute Gasteiger partial charge is 0.425 e. The summed E-state index contributed by atoms with van der Waals surface area (Å²) in [4.78, 5) is 53.2. The molecule has 0 bridgehead atoms. The number of aromatic nitrogens is 3. The van der Waals surface area contributed by atoms with Crippen LogP contribution < -0.4 is 25.0 Å². The average molecular weight is 836 g/mol. The number of benzene rings is 2. The number of ether oxygens (including phenoxy) is 4. The van der Waals surface area contributed by atoms with Gasteiger partial charge < -0.3 is 39.0 Å². The summed E-state index contributed by atoms with van der Waals surface area (Å²) in [7, 11) is 0. The lowest BCUT2D eigenvalue weighted by atomic mass is 9.96. The van der Waals surface area contributed by atoms with Crippen LogP contribution in [0.25, 0.3) is 22.2 Å². The highest BCUT2D eigenvalue weighted by atomic mass is 19.4. The van der Waals surface area contributed by atoms with E-state index < -0.39 is 41.2 Å². The minimum atomic E-state index is -4.72. The Hall–Kier alpha value is -5.58. The Bertz CT molecular complexity index is 2260. The number of rotatable bonds is 8. The molecule has 322 valence electrons. The van der Waals surface area contributed by atoms with Crippen molar-refractivity contribution in [3.8, 4) is 22.6 Å². The molecule has 4 heterocycles. The molecule has 2 aromatic heterocycles. The van der Waals surface area contributed by atoms with Gasteiger partial charge in [0.2, 0.25) is 0 Å². The number of hydrogen-bond acceptors (Lipinski definition) is 10. The SMILES string of the molecule is CCN1CCC(Oc2ccc(NC(=O)Nc3ccc(-c4cn(C5CC5)c5ncnc(N(C(=O)OC(C)(C)C)C(=O)OC(C)(C)C)c45)c4c3OC(C)C4)cc2C(F)(F)F)CC1. The van der Waals surface area contributed by atoms with Crippen LogP contribution in [0.5, 0.6) is 11.5 Å². The molecular weight excluding hydrogens is 784 g/mol. The molecule has 1 atom stereocenters. The van der Waals surface area contributed by atoms with Gasteiger partial charge in [-0.05, 0) is 111 Å². The fourth-order valence-electron chi connectivity index (χ4n) is 7.52. The highest BCUT2D eigenvalue weighted by molar-refractivity contribution is 6.16. The van der Waals surface area contributed by atoms with Crippen molar-refractivity contribution >= 4 is 46.4 Å². The predicted molar refractivity (Wildman–Crippen MR) is 220 cm³/mol. The summed E-state index contributed by atoms with van der Waals surface area (Å²) in [5, 5.41) is 5.70. The second-order valence-electron chi connectivity index (χ2n) is 17.5. The number of carbonyl (C=O) groups is 3. The van der Waals surface area contributed by atoms with E-state index in [0.29, 0.717) is 47.2 Å². The van der Waals surface area contributed by atoms with Crippen LogP contribution in [0, 0.1) is 0 Å². The highest BCUT2D eigenvalue weighted by Crippen LogP contribution is 2.48. The molecule has 7 rings (SSSR count). The van der Waals surface area contributed by atoms with Crippen LogP contribution in [0.15, 0.2) is 42.9 Å². The van der Waals surface area contributed by atoms with Gasteiger partial charge in [-0.3, -0.25) is 0 Å². The number of imide groups is 1. The quantitative estimate of drug-likeness (QED) is 0.176. The van der Waals surface area contributed by atoms with Crippen LogP contribution in [-0.4, -0.2) is 80.7 Å². The zero-order chi connectivity index (χ0) is 43.3. The molecule has 0 radical (unpaired) electrons. The number of alkyl halides is 3. The minimum Gasteiger partial charge on any atom is -0.490 e. The number of anilines is 3. The number of urea groups is 1. The maximum Gasteiger partial charge on any atom is 0.425 e. The number of nitrogens with zero attached hydrogens (tertiary/aromatic N) is 5. The Morgan fingerprint density at radius 3 is 2.17 bits per heavy atom. The van der Waals surface area contributed by atoms with Gasteiger partial charge in [0.05, 0.1) is 16.6 Å². The maximum absolute atomic E-state index is 14.3. The second-order valence-corrected chi connectivity index (χ2v) is 17.5. The molecule has 2 N–H and O–H groups in total. The van der Waals surface area contributed by atoms with Gasteiger partial charge in [0.15, 0.2) is 5.82 Å². The number of piperidine rings is 1. The largest absolute Gasteiger partial charge is 0.490 e. The predicted octanol–water partition coefficient (Wildman–Crippen LogP) is 9.96. The van der Waals surface area contributed by atoms with Crippen molar-refractivity contribution in [1.29, 1.82) is 0 Å². The topological polar surface area (TPSA) is 149 Å². The Kier molecular flexibility index (Phi) is 11.4. The van der Waals surface area contributed by atoms with Gasteiger partial charge in [-0.15, -0.1) is 0 Å². The molecule has 4 amide bonds. The molecule has 2 fully saturated rings. The molecule has 2 aromatic carbocycles. The zero-order valence-electron chi connectivity index (χ0n) is 35.2. The maximum atomic E-state index is 14.3. The van der Waals surface area contributed by atoms with Gasteiger partial charge in [0, 0.05) is 48.6 Å². The number of hydrogen-bond donors (Lipinski definition) is 2. The van der Waals surface area contributed by atoms with Gasteiger partial charge in [-0.2, -0.15) is 18.1 Å². The van der Waals surface area contributed by atoms with Crippen LogP contribution in [0.2, 0.25) is 0 Å². The van der Waals surface area contributed by atoms with Crippen molar-refractivity contribution in [3.63, 3.8) is 0 Å². The highest BCUT2D eigenvalue weighted by Gasteiger charge is 2.39. The van der Waals surface area contributed by atoms with E-state index >= 15 is 0 Å². The Labute approximate surface area is 346 Å². The normalized spacial score (nSPS) is 17.5. The van der Waals surface area contributed by atoms with Crippen molar-refractivity contribution in [2.75, 3.05) is 35.2 Å². The summed E-state index contributed by atoms with van der Waals surface area (Å²) in [5.41, 5.74) is -0.184. The molecule has 1 unspecified atom stereocenters. The fourth-order valence-corrected chi connectivity index (χ4v) is 7.52. The second kappa shape index (κ2) is 16.1. The van der Waals surface area contributed by atoms with Crippen molar-refractivity contribution in [3.05, 3.63) is 54.0 Å². The number of halogens is 3. The first-order chi connectivity index (χ1) is 28.2. The van der Waals surface area contributed by atoms with E-state index in [4.69, 9.17) is 18.9 Å². The van der Waals surface area contributed by atoms with Crippen LogP contribution in [0.3, 0.4) is 0 Å². The summed E-state index contributed by atoms with van der Waals surface area (Å²) in [6, 6.07) is 6.25. The molecular formula is C43H52F3N7O7. The number of amides is 4. The average Bonchev–Trinajstić information content (AvgIpc) is 3.80. The van der Waals surface area contributed by atoms with Gasteiger partial charge in [-0.1, -0.05) is 13.0 Å². The van der Waals surface area contributed by atoms with Crippen molar-refractivity contribution in [2.24, 2.45) is 0 Å². The third-order valence-electron chi connectivity index (χ3n) is 10.3. The van der Waals surface area contributed by atoms with Gasteiger partial charge in [0.25, 0.3) is 0 Å². The first kappa shape index (κ1) is 42.5. The third kappa shape index (κ3) is 9.40. The third-order valence-corrected chi connectivity index (χ3v) is 10.3. The van der Waals surface area contributed by atoms with E-state index in [1.807, 2.05) is 24.6 Å². The summed E-state index contributed by atoms with van der Waals surface area (Å²) >= 11 is 0. The van der Waals surface area contributed by atoms with Crippen molar-refractivity contribution in [1.82, 2.24) is 19.4 Å². The summed E-state index contributed by atoms with van der Waals surface area (Å²) in [6.07, 6.45) is -0.669. The molecule has 4 aromatic rings. The number of fused-ring (bicyclic) bond motifs is 2. The van der Waals surface area contributed by atoms with Crippen LogP contribution in [-0.2, 0) is 22.1 Å². The van der Waals surface area contributed by atoms with Gasteiger partial charge in [-0.25, -0.2) is 24.4 Å². The van der Waals surface area contributed by atoms with Crippen LogP contribution in [0.4, 0.5) is 44.7 Å². The monoisotopic (exact) mass is 835 g/mol. The molecule has 1 saturated heterocycles. The van der Waals surface area contributed by atoms with Crippen molar-refractivity contribution in [2.45, 2.75) is 123 Å². The molecule has 1 saturated carbocycles. The lowest BCUT2D eigenvalue weighted by Crippen LogP contribution is -2.44. The van der Waals surface area contributed by atoms with E-state index in [-0.39, 0.29) is 41.2 Å². The number of likely N-dealkylation sites (tertiary alicyclic amines) is 1.